The Hall–Kier alpha value is -3.34. The molecule has 0 N–H and O–H groups in total. The van der Waals surface area contributed by atoms with Gasteiger partial charge in [0.25, 0.3) is 0 Å². The molecule has 5 heteroatoms. The third-order valence-corrected chi connectivity index (χ3v) is 3.39. The fourth-order valence-electron chi connectivity index (χ4n) is 2.28. The zero-order valence-corrected chi connectivity index (χ0v) is 12.1. The third-order valence-electron chi connectivity index (χ3n) is 3.39. The summed E-state index contributed by atoms with van der Waals surface area (Å²) in [6.07, 6.45) is 8.60. The second-order valence-corrected chi connectivity index (χ2v) is 4.92. The molecular formula is C18H12N4O. The van der Waals surface area contributed by atoms with E-state index in [9.17, 15) is 0 Å². The summed E-state index contributed by atoms with van der Waals surface area (Å²) in [6, 6.07) is 13.3. The Labute approximate surface area is 132 Å². The Morgan fingerprint density at radius 2 is 1.65 bits per heavy atom. The summed E-state index contributed by atoms with van der Waals surface area (Å²) in [6.45, 7) is 0. The van der Waals surface area contributed by atoms with Crippen molar-refractivity contribution in [3.63, 3.8) is 0 Å². The number of pyridine rings is 2. The molecule has 0 aliphatic rings. The molecule has 0 radical (unpaired) electrons. The predicted octanol–water partition coefficient (Wildman–Crippen LogP) is 3.86. The highest BCUT2D eigenvalue weighted by atomic mass is 16.3. The van der Waals surface area contributed by atoms with Gasteiger partial charge in [0.1, 0.15) is 17.7 Å². The van der Waals surface area contributed by atoms with E-state index < -0.39 is 0 Å². The zero-order valence-electron chi connectivity index (χ0n) is 12.1. The first-order chi connectivity index (χ1) is 11.4. The second-order valence-electron chi connectivity index (χ2n) is 4.92. The average molecular weight is 300 g/mol. The van der Waals surface area contributed by atoms with Crippen LogP contribution in [0.5, 0.6) is 0 Å². The number of hydrogen-bond donors (Lipinski definition) is 0. The lowest BCUT2D eigenvalue weighted by Crippen LogP contribution is -1.91. The molecule has 0 fully saturated rings. The van der Waals surface area contributed by atoms with Crippen LogP contribution in [0.1, 0.15) is 0 Å². The van der Waals surface area contributed by atoms with Crippen molar-refractivity contribution in [2.75, 3.05) is 0 Å². The van der Waals surface area contributed by atoms with Crippen LogP contribution in [0.2, 0.25) is 0 Å². The van der Waals surface area contributed by atoms with E-state index in [1.54, 1.807) is 37.1 Å². The minimum absolute atomic E-state index is 0.602. The summed E-state index contributed by atoms with van der Waals surface area (Å²) in [5.74, 6) is 1.36. The first-order valence-electron chi connectivity index (χ1n) is 7.14. The average Bonchev–Trinajstić information content (AvgIpc) is 3.14. The van der Waals surface area contributed by atoms with E-state index in [1.807, 2.05) is 36.4 Å². The van der Waals surface area contributed by atoms with E-state index >= 15 is 0 Å². The Morgan fingerprint density at radius 3 is 2.48 bits per heavy atom. The highest BCUT2D eigenvalue weighted by Crippen LogP contribution is 2.27. The molecule has 4 aromatic rings. The standard InChI is InChI=1S/C18H12N4O/c1-5-15(22-16(6-1)18-20-8-3-9-21-18)14-10-17(23-12-14)13-4-2-7-19-11-13/h1-12H. The van der Waals surface area contributed by atoms with Crippen LogP contribution in [0.4, 0.5) is 0 Å². The van der Waals surface area contributed by atoms with E-state index in [1.165, 1.54) is 0 Å². The predicted molar refractivity (Wildman–Crippen MR) is 86.2 cm³/mol. The summed E-state index contributed by atoms with van der Waals surface area (Å²) < 4.78 is 5.64. The lowest BCUT2D eigenvalue weighted by Gasteiger charge is -2.01. The third kappa shape index (κ3) is 2.72. The van der Waals surface area contributed by atoms with E-state index in [0.29, 0.717) is 5.82 Å². The van der Waals surface area contributed by atoms with E-state index in [-0.39, 0.29) is 0 Å². The lowest BCUT2D eigenvalue weighted by molar-refractivity contribution is 0.583. The van der Waals surface area contributed by atoms with Crippen LogP contribution in [0.3, 0.4) is 0 Å². The van der Waals surface area contributed by atoms with E-state index in [2.05, 4.69) is 19.9 Å². The van der Waals surface area contributed by atoms with Crippen molar-refractivity contribution in [2.45, 2.75) is 0 Å². The molecule has 5 nitrogen and oxygen atoms in total. The van der Waals surface area contributed by atoms with Crippen molar-refractivity contribution in [2.24, 2.45) is 0 Å². The highest BCUT2D eigenvalue weighted by Gasteiger charge is 2.09. The van der Waals surface area contributed by atoms with Gasteiger partial charge in [0.15, 0.2) is 5.82 Å². The van der Waals surface area contributed by atoms with Crippen molar-refractivity contribution in [3.05, 3.63) is 73.5 Å². The summed E-state index contributed by atoms with van der Waals surface area (Å²) in [7, 11) is 0. The number of furan rings is 1. The van der Waals surface area contributed by atoms with Crippen LogP contribution < -0.4 is 0 Å². The molecule has 0 aliphatic heterocycles. The van der Waals surface area contributed by atoms with E-state index in [0.717, 1.165) is 28.3 Å². The second kappa shape index (κ2) is 5.81. The molecule has 0 amide bonds. The van der Waals surface area contributed by atoms with Gasteiger partial charge in [-0.15, -0.1) is 0 Å². The topological polar surface area (TPSA) is 64.7 Å². The maximum absolute atomic E-state index is 5.64. The Kier molecular flexibility index (Phi) is 3.37. The van der Waals surface area contributed by atoms with Crippen molar-refractivity contribution >= 4 is 0 Å². The molecule has 4 aromatic heterocycles. The molecular weight excluding hydrogens is 288 g/mol. The van der Waals surface area contributed by atoms with Gasteiger partial charge in [-0.05, 0) is 36.4 Å². The van der Waals surface area contributed by atoms with Gasteiger partial charge in [0.05, 0.1) is 5.69 Å². The first kappa shape index (κ1) is 13.3. The maximum Gasteiger partial charge on any atom is 0.178 e. The molecule has 0 atom stereocenters. The monoisotopic (exact) mass is 300 g/mol. The number of aromatic nitrogens is 4. The number of rotatable bonds is 3. The molecule has 0 spiro atoms. The SMILES string of the molecule is c1cnc(-c2cccc(-c3coc(-c4cccnc4)c3)n2)nc1. The van der Waals surface area contributed by atoms with Crippen LogP contribution in [0, 0.1) is 0 Å². The van der Waals surface area contributed by atoms with Crippen LogP contribution in [0.15, 0.2) is 77.9 Å². The van der Waals surface area contributed by atoms with Gasteiger partial charge in [0.2, 0.25) is 0 Å². The van der Waals surface area contributed by atoms with Crippen LogP contribution in [0.25, 0.3) is 34.1 Å². The molecule has 23 heavy (non-hydrogen) atoms. The zero-order chi connectivity index (χ0) is 15.5. The van der Waals surface area contributed by atoms with Crippen LogP contribution >= 0.6 is 0 Å². The Balaban J connectivity index is 1.71. The first-order valence-corrected chi connectivity index (χ1v) is 7.14. The molecule has 0 saturated heterocycles. The highest BCUT2D eigenvalue weighted by molar-refractivity contribution is 5.68. The van der Waals surface area contributed by atoms with Crippen molar-refractivity contribution < 1.29 is 4.42 Å². The van der Waals surface area contributed by atoms with E-state index in [4.69, 9.17) is 4.42 Å². The summed E-state index contributed by atoms with van der Waals surface area (Å²) in [5.41, 5.74) is 3.38. The minimum Gasteiger partial charge on any atom is -0.464 e. The molecule has 0 aromatic carbocycles. The summed E-state index contributed by atoms with van der Waals surface area (Å²) in [4.78, 5) is 17.2. The van der Waals surface area contributed by atoms with Gasteiger partial charge in [-0.1, -0.05) is 6.07 Å². The number of nitrogens with zero attached hydrogens (tertiary/aromatic N) is 4. The minimum atomic E-state index is 0.602. The van der Waals surface area contributed by atoms with Gasteiger partial charge in [-0.2, -0.15) is 0 Å². The molecule has 0 bridgehead atoms. The maximum atomic E-state index is 5.64. The lowest BCUT2D eigenvalue weighted by atomic mass is 10.1. The number of hydrogen-bond acceptors (Lipinski definition) is 5. The quantitative estimate of drug-likeness (QED) is 0.575. The molecule has 0 aliphatic carbocycles. The molecule has 110 valence electrons. The summed E-state index contributed by atoms with van der Waals surface area (Å²) >= 11 is 0. The van der Waals surface area contributed by atoms with Gasteiger partial charge in [-0.3, -0.25) is 4.98 Å². The normalized spacial score (nSPS) is 10.6. The Bertz CT molecular complexity index is 920. The van der Waals surface area contributed by atoms with Crippen LogP contribution in [-0.4, -0.2) is 19.9 Å². The van der Waals surface area contributed by atoms with Gasteiger partial charge in [0, 0.05) is 35.9 Å². The smallest absolute Gasteiger partial charge is 0.178 e. The van der Waals surface area contributed by atoms with Gasteiger partial charge < -0.3 is 4.42 Å². The van der Waals surface area contributed by atoms with Gasteiger partial charge in [-0.25, -0.2) is 15.0 Å². The van der Waals surface area contributed by atoms with Crippen molar-refractivity contribution in [1.82, 2.24) is 19.9 Å². The molecule has 0 unspecified atom stereocenters. The Morgan fingerprint density at radius 1 is 0.783 bits per heavy atom. The van der Waals surface area contributed by atoms with Crippen molar-refractivity contribution in [3.8, 4) is 34.1 Å². The van der Waals surface area contributed by atoms with Crippen LogP contribution in [-0.2, 0) is 0 Å². The fraction of sp³-hybridized carbons (Fsp3) is 0. The van der Waals surface area contributed by atoms with Gasteiger partial charge >= 0.3 is 0 Å². The molecule has 4 rings (SSSR count). The van der Waals surface area contributed by atoms with Crippen molar-refractivity contribution in [1.29, 1.82) is 0 Å². The summed E-state index contributed by atoms with van der Waals surface area (Å²) in [5, 5.41) is 0. The largest absolute Gasteiger partial charge is 0.464 e. The molecule has 0 saturated carbocycles. The molecule has 4 heterocycles. The fourth-order valence-corrected chi connectivity index (χ4v) is 2.28.